The summed E-state index contributed by atoms with van der Waals surface area (Å²) >= 11 is 0. The molecule has 0 amide bonds. The molecule has 0 bridgehead atoms. The highest BCUT2D eigenvalue weighted by Crippen LogP contribution is 2.32. The van der Waals surface area contributed by atoms with Crippen LogP contribution < -0.4 is 16.2 Å². The number of nitrogen functional groups attached to an aromatic ring is 1. The molecule has 3 rings (SSSR count). The maximum absolute atomic E-state index is 9.84. The Kier molecular flexibility index (Phi) is 6.22. The minimum atomic E-state index is 0. The molecule has 6 nitrogen and oxygen atoms in total. The van der Waals surface area contributed by atoms with Crippen LogP contribution in [0.3, 0.4) is 0 Å². The van der Waals surface area contributed by atoms with Gasteiger partial charge in [0.1, 0.15) is 17.5 Å². The molecular weight excluding hydrogens is 327 g/mol. The number of ether oxygens (including phenoxy) is 1. The van der Waals surface area contributed by atoms with Crippen LogP contribution in [0, 0.1) is 0 Å². The molecule has 0 saturated heterocycles. The molecule has 2 aromatic rings. The van der Waals surface area contributed by atoms with E-state index < -0.39 is 0 Å². The number of hydrogen-bond donors (Lipinski definition) is 3. The molecule has 0 atom stereocenters. The number of phenols is 1. The van der Waals surface area contributed by atoms with Crippen molar-refractivity contribution in [3.63, 3.8) is 0 Å². The molecule has 5 N–H and O–H groups in total. The Hall–Kier alpha value is -1.76. The lowest BCUT2D eigenvalue weighted by Gasteiger charge is -2.32. The fourth-order valence-corrected chi connectivity index (χ4v) is 2.18. The van der Waals surface area contributed by atoms with E-state index in [-0.39, 0.29) is 48.5 Å². The molecule has 0 aliphatic heterocycles. The van der Waals surface area contributed by atoms with E-state index in [0.717, 1.165) is 12.8 Å². The van der Waals surface area contributed by atoms with Gasteiger partial charge in [0.25, 0.3) is 0 Å². The second-order valence-electron chi connectivity index (χ2n) is 4.97. The number of nitrogens with zero attached hydrogens (tertiary/aromatic N) is 2. The van der Waals surface area contributed by atoms with Gasteiger partial charge in [0.2, 0.25) is 0 Å². The van der Waals surface area contributed by atoms with Crippen molar-refractivity contribution in [3.05, 3.63) is 30.3 Å². The number of hydrogen-bond acceptors (Lipinski definition) is 6. The highest BCUT2D eigenvalue weighted by Gasteiger charge is 2.28. The molecule has 8 heteroatoms. The molecule has 1 aliphatic carbocycles. The van der Waals surface area contributed by atoms with E-state index in [1.165, 1.54) is 0 Å². The molecule has 120 valence electrons. The van der Waals surface area contributed by atoms with Crippen LogP contribution in [0.1, 0.15) is 12.8 Å². The van der Waals surface area contributed by atoms with Crippen LogP contribution in [0.15, 0.2) is 30.3 Å². The first-order valence-electron chi connectivity index (χ1n) is 6.47. The molecule has 1 fully saturated rings. The Morgan fingerprint density at radius 1 is 1.14 bits per heavy atom. The molecule has 1 aliphatic rings. The quantitative estimate of drug-likeness (QED) is 0.787. The fraction of sp³-hybridized carbons (Fsp3) is 0.286. The zero-order valence-electron chi connectivity index (χ0n) is 11.7. The highest BCUT2D eigenvalue weighted by atomic mass is 35.5. The topological polar surface area (TPSA) is 107 Å². The summed E-state index contributed by atoms with van der Waals surface area (Å²) in [6, 6.07) is 8.82. The average Bonchev–Trinajstić information content (AvgIpc) is 2.40. The van der Waals surface area contributed by atoms with Crippen LogP contribution in [0.25, 0.3) is 11.3 Å². The molecule has 22 heavy (non-hydrogen) atoms. The highest BCUT2D eigenvalue weighted by molar-refractivity contribution is 5.85. The molecule has 1 heterocycles. The normalized spacial score (nSPS) is 19.3. The summed E-state index contributed by atoms with van der Waals surface area (Å²) in [7, 11) is 0. The van der Waals surface area contributed by atoms with Crippen molar-refractivity contribution in [2.45, 2.75) is 25.0 Å². The summed E-state index contributed by atoms with van der Waals surface area (Å²) in [5.74, 6) is 0.864. The Balaban J connectivity index is 0.00000121. The van der Waals surface area contributed by atoms with Gasteiger partial charge in [-0.15, -0.1) is 35.0 Å². The SMILES string of the molecule is Cl.Cl.Nc1nnc(-c2ccccc2O)cc1OC1CC(N)C1. The third-order valence-corrected chi connectivity index (χ3v) is 3.39. The summed E-state index contributed by atoms with van der Waals surface area (Å²) < 4.78 is 5.76. The minimum absolute atomic E-state index is 0. The Bertz CT molecular complexity index is 636. The van der Waals surface area contributed by atoms with Crippen LogP contribution in [0.2, 0.25) is 0 Å². The summed E-state index contributed by atoms with van der Waals surface area (Å²) in [5, 5.41) is 17.7. The van der Waals surface area contributed by atoms with Crippen molar-refractivity contribution < 1.29 is 9.84 Å². The lowest BCUT2D eigenvalue weighted by atomic mass is 9.90. The van der Waals surface area contributed by atoms with Crippen molar-refractivity contribution in [3.8, 4) is 22.8 Å². The average molecular weight is 345 g/mol. The van der Waals surface area contributed by atoms with E-state index in [0.29, 0.717) is 17.0 Å². The predicted octanol–water partition coefficient (Wildman–Crippen LogP) is 2.14. The molecular formula is C14H18Cl2N4O2. The monoisotopic (exact) mass is 344 g/mol. The third-order valence-electron chi connectivity index (χ3n) is 3.39. The van der Waals surface area contributed by atoms with Gasteiger partial charge in [0.15, 0.2) is 11.6 Å². The molecule has 0 radical (unpaired) electrons. The van der Waals surface area contributed by atoms with Gasteiger partial charge in [-0.3, -0.25) is 0 Å². The Morgan fingerprint density at radius 2 is 1.82 bits per heavy atom. The predicted molar refractivity (Wildman–Crippen MR) is 89.7 cm³/mol. The number of aromatic nitrogens is 2. The van der Waals surface area contributed by atoms with Gasteiger partial charge in [-0.1, -0.05) is 12.1 Å². The van der Waals surface area contributed by atoms with Gasteiger partial charge in [-0.2, -0.15) is 0 Å². The van der Waals surface area contributed by atoms with E-state index >= 15 is 0 Å². The second kappa shape index (κ2) is 7.49. The maximum Gasteiger partial charge on any atom is 0.188 e. The van der Waals surface area contributed by atoms with Crippen LogP contribution in [-0.4, -0.2) is 27.4 Å². The number of anilines is 1. The largest absolute Gasteiger partial charge is 0.507 e. The molecule has 1 saturated carbocycles. The van der Waals surface area contributed by atoms with Gasteiger partial charge < -0.3 is 21.3 Å². The van der Waals surface area contributed by atoms with E-state index in [1.807, 2.05) is 6.07 Å². The molecule has 0 spiro atoms. The number of phenolic OH excluding ortho intramolecular Hbond substituents is 1. The van der Waals surface area contributed by atoms with E-state index in [1.54, 1.807) is 24.3 Å². The van der Waals surface area contributed by atoms with Crippen molar-refractivity contribution in [1.82, 2.24) is 10.2 Å². The van der Waals surface area contributed by atoms with Crippen molar-refractivity contribution in [1.29, 1.82) is 0 Å². The summed E-state index contributed by atoms with van der Waals surface area (Å²) in [5.41, 5.74) is 12.6. The van der Waals surface area contributed by atoms with Gasteiger partial charge >= 0.3 is 0 Å². The Labute approximate surface area is 140 Å². The minimum Gasteiger partial charge on any atom is -0.507 e. The molecule has 0 unspecified atom stereocenters. The van der Waals surface area contributed by atoms with Crippen molar-refractivity contribution >= 4 is 30.6 Å². The second-order valence-corrected chi connectivity index (χ2v) is 4.97. The van der Waals surface area contributed by atoms with Crippen LogP contribution in [-0.2, 0) is 0 Å². The van der Waals surface area contributed by atoms with Gasteiger partial charge in [-0.25, -0.2) is 0 Å². The zero-order chi connectivity index (χ0) is 14.1. The lowest BCUT2D eigenvalue weighted by molar-refractivity contribution is 0.101. The smallest absolute Gasteiger partial charge is 0.188 e. The number of para-hydroxylation sites is 1. The number of rotatable bonds is 3. The van der Waals surface area contributed by atoms with E-state index in [2.05, 4.69) is 10.2 Å². The number of halogens is 2. The Morgan fingerprint density at radius 3 is 2.45 bits per heavy atom. The van der Waals surface area contributed by atoms with E-state index in [4.69, 9.17) is 16.2 Å². The summed E-state index contributed by atoms with van der Waals surface area (Å²) in [6.07, 6.45) is 1.70. The number of aromatic hydroxyl groups is 1. The van der Waals surface area contributed by atoms with Crippen molar-refractivity contribution in [2.24, 2.45) is 5.73 Å². The zero-order valence-corrected chi connectivity index (χ0v) is 13.3. The van der Waals surface area contributed by atoms with Gasteiger partial charge in [0, 0.05) is 17.7 Å². The fourth-order valence-electron chi connectivity index (χ4n) is 2.18. The van der Waals surface area contributed by atoms with Crippen LogP contribution in [0.4, 0.5) is 5.82 Å². The lowest BCUT2D eigenvalue weighted by Crippen LogP contribution is -2.43. The third kappa shape index (κ3) is 3.71. The maximum atomic E-state index is 9.84. The van der Waals surface area contributed by atoms with Crippen LogP contribution in [0.5, 0.6) is 11.5 Å². The first-order valence-corrected chi connectivity index (χ1v) is 6.47. The first-order chi connectivity index (χ1) is 9.63. The molecule has 1 aromatic heterocycles. The number of benzene rings is 1. The van der Waals surface area contributed by atoms with Gasteiger partial charge in [-0.05, 0) is 25.0 Å². The summed E-state index contributed by atoms with van der Waals surface area (Å²) in [4.78, 5) is 0. The molecule has 1 aromatic carbocycles. The van der Waals surface area contributed by atoms with Crippen LogP contribution >= 0.6 is 24.8 Å². The standard InChI is InChI=1S/C14H16N4O2.2ClH/c15-8-5-9(6-8)20-13-7-11(17-18-14(13)16)10-3-1-2-4-12(10)19;;/h1-4,7-9,19H,5-6,15H2,(H2,16,18);2*1H. The van der Waals surface area contributed by atoms with Gasteiger partial charge in [0.05, 0.1) is 0 Å². The first kappa shape index (κ1) is 18.3. The van der Waals surface area contributed by atoms with Crippen molar-refractivity contribution in [2.75, 3.05) is 5.73 Å². The summed E-state index contributed by atoms with van der Waals surface area (Å²) in [6.45, 7) is 0. The van der Waals surface area contributed by atoms with E-state index in [9.17, 15) is 5.11 Å². The number of nitrogens with two attached hydrogens (primary N) is 2.